The lowest BCUT2D eigenvalue weighted by Gasteiger charge is -2.32. The van der Waals surface area contributed by atoms with Crippen molar-refractivity contribution in [3.05, 3.63) is 92.9 Å². The number of sulfonamides is 1. The lowest BCUT2D eigenvalue weighted by molar-refractivity contribution is -0.139. The second kappa shape index (κ2) is 13.7. The summed E-state index contributed by atoms with van der Waals surface area (Å²) in [5, 5.41) is 3.89. The normalized spacial score (nSPS) is 12.2. The Morgan fingerprint density at radius 3 is 2.15 bits per heavy atom. The minimum atomic E-state index is -4.19. The zero-order valence-electron chi connectivity index (χ0n) is 22.7. The number of hydrogen-bond donors (Lipinski definition) is 1. The maximum Gasteiger partial charge on any atom is 0.264 e. The van der Waals surface area contributed by atoms with E-state index in [9.17, 15) is 18.0 Å². The molecule has 0 aliphatic heterocycles. The Balaban J connectivity index is 2.04. The number of nitrogens with zero attached hydrogens (tertiary/aromatic N) is 2. The maximum atomic E-state index is 13.9. The first kappa shape index (κ1) is 31.7. The van der Waals surface area contributed by atoms with Crippen molar-refractivity contribution < 1.29 is 18.0 Å². The van der Waals surface area contributed by atoms with Crippen LogP contribution in [0.4, 0.5) is 5.69 Å². The van der Waals surface area contributed by atoms with Gasteiger partial charge in [-0.3, -0.25) is 13.9 Å². The standard InChI is InChI=1S/C29H32Cl3N3O4S/c1-19(2)16-33-29(37)21(4)34(17-22-10-11-24(31)15-27(22)32)28(36)18-35(25-7-5-6-23(30)14-25)40(38,39)26-12-8-20(3)9-13-26/h5-15,19,21H,16-18H2,1-4H3,(H,33,37)/t21-/m0/s1. The highest BCUT2D eigenvalue weighted by Gasteiger charge is 2.33. The third-order valence-corrected chi connectivity index (χ3v) is 8.80. The van der Waals surface area contributed by atoms with Crippen LogP contribution in [-0.4, -0.2) is 44.3 Å². The number of nitrogens with one attached hydrogen (secondary N) is 1. The van der Waals surface area contributed by atoms with E-state index in [1.807, 2.05) is 20.8 Å². The van der Waals surface area contributed by atoms with E-state index in [2.05, 4.69) is 5.32 Å². The fourth-order valence-electron chi connectivity index (χ4n) is 3.87. The van der Waals surface area contributed by atoms with E-state index >= 15 is 0 Å². The van der Waals surface area contributed by atoms with Crippen molar-refractivity contribution in [2.24, 2.45) is 5.92 Å². The second-order valence-electron chi connectivity index (χ2n) is 9.88. The first-order valence-electron chi connectivity index (χ1n) is 12.7. The summed E-state index contributed by atoms with van der Waals surface area (Å²) in [5.41, 5.74) is 1.65. The molecule has 0 aliphatic rings. The second-order valence-corrected chi connectivity index (χ2v) is 13.0. The number of hydrogen-bond acceptors (Lipinski definition) is 4. The minimum Gasteiger partial charge on any atom is -0.354 e. The van der Waals surface area contributed by atoms with Crippen LogP contribution in [0, 0.1) is 12.8 Å². The van der Waals surface area contributed by atoms with Crippen LogP contribution >= 0.6 is 34.8 Å². The fourth-order valence-corrected chi connectivity index (χ4v) is 5.92. The molecule has 3 rings (SSSR count). The summed E-state index contributed by atoms with van der Waals surface area (Å²) in [7, 11) is -4.19. The number of benzene rings is 3. The molecule has 1 atom stereocenters. The third kappa shape index (κ3) is 8.13. The number of halogens is 3. The molecule has 11 heteroatoms. The average Bonchev–Trinajstić information content (AvgIpc) is 2.89. The molecule has 0 unspecified atom stereocenters. The highest BCUT2D eigenvalue weighted by molar-refractivity contribution is 7.92. The van der Waals surface area contributed by atoms with E-state index in [1.165, 1.54) is 23.1 Å². The van der Waals surface area contributed by atoms with E-state index in [1.54, 1.807) is 55.5 Å². The number of carbonyl (C=O) groups excluding carboxylic acids is 2. The first-order chi connectivity index (χ1) is 18.8. The Morgan fingerprint density at radius 2 is 1.55 bits per heavy atom. The van der Waals surface area contributed by atoms with E-state index < -0.39 is 28.5 Å². The predicted octanol–water partition coefficient (Wildman–Crippen LogP) is 6.34. The summed E-state index contributed by atoms with van der Waals surface area (Å²) in [6.45, 7) is 7.15. The predicted molar refractivity (Wildman–Crippen MR) is 161 cm³/mol. The van der Waals surface area contributed by atoms with Crippen LogP contribution < -0.4 is 9.62 Å². The monoisotopic (exact) mass is 623 g/mol. The zero-order chi connectivity index (χ0) is 29.6. The SMILES string of the molecule is Cc1ccc(S(=O)(=O)N(CC(=O)N(Cc2ccc(Cl)cc2Cl)[C@@H](C)C(=O)NCC(C)C)c2cccc(Cl)c2)cc1. The van der Waals surface area contributed by atoms with Crippen LogP contribution in [0.1, 0.15) is 31.9 Å². The van der Waals surface area contributed by atoms with Gasteiger partial charge in [0.1, 0.15) is 12.6 Å². The van der Waals surface area contributed by atoms with Gasteiger partial charge in [0.2, 0.25) is 11.8 Å². The molecule has 0 radical (unpaired) electrons. The topological polar surface area (TPSA) is 86.8 Å². The third-order valence-electron chi connectivity index (χ3n) is 6.19. The molecule has 0 saturated heterocycles. The molecule has 0 fully saturated rings. The molecule has 0 saturated carbocycles. The van der Waals surface area contributed by atoms with Gasteiger partial charge < -0.3 is 10.2 Å². The maximum absolute atomic E-state index is 13.9. The van der Waals surface area contributed by atoms with E-state index in [0.717, 1.165) is 9.87 Å². The van der Waals surface area contributed by atoms with Gasteiger partial charge in [0.25, 0.3) is 10.0 Å². The molecule has 0 aromatic heterocycles. The molecular formula is C29H32Cl3N3O4S. The number of carbonyl (C=O) groups is 2. The highest BCUT2D eigenvalue weighted by atomic mass is 35.5. The van der Waals surface area contributed by atoms with Crippen molar-refractivity contribution in [1.29, 1.82) is 0 Å². The van der Waals surface area contributed by atoms with Gasteiger partial charge in [0.15, 0.2) is 0 Å². The Bertz CT molecular complexity index is 1460. The molecule has 1 N–H and O–H groups in total. The van der Waals surface area contributed by atoms with Crippen molar-refractivity contribution in [3.8, 4) is 0 Å². The van der Waals surface area contributed by atoms with Crippen molar-refractivity contribution in [2.75, 3.05) is 17.4 Å². The van der Waals surface area contributed by atoms with Gasteiger partial charge in [-0.25, -0.2) is 8.42 Å². The van der Waals surface area contributed by atoms with Crippen LogP contribution in [0.2, 0.25) is 15.1 Å². The van der Waals surface area contributed by atoms with E-state index in [4.69, 9.17) is 34.8 Å². The highest BCUT2D eigenvalue weighted by Crippen LogP contribution is 2.28. The zero-order valence-corrected chi connectivity index (χ0v) is 25.8. The molecule has 0 bridgehead atoms. The smallest absolute Gasteiger partial charge is 0.264 e. The van der Waals surface area contributed by atoms with Gasteiger partial charge in [0.05, 0.1) is 10.6 Å². The van der Waals surface area contributed by atoms with Crippen LogP contribution in [0.25, 0.3) is 0 Å². The average molecular weight is 625 g/mol. The first-order valence-corrected chi connectivity index (χ1v) is 15.2. The van der Waals surface area contributed by atoms with Crippen LogP contribution in [0.15, 0.2) is 71.6 Å². The van der Waals surface area contributed by atoms with E-state index in [-0.39, 0.29) is 29.0 Å². The van der Waals surface area contributed by atoms with Crippen molar-refractivity contribution in [2.45, 2.75) is 45.2 Å². The van der Waals surface area contributed by atoms with Crippen LogP contribution in [0.5, 0.6) is 0 Å². The summed E-state index contributed by atoms with van der Waals surface area (Å²) in [6, 6.07) is 16.5. The summed E-state index contributed by atoms with van der Waals surface area (Å²) < 4.78 is 28.7. The molecule has 40 heavy (non-hydrogen) atoms. The fraction of sp³-hybridized carbons (Fsp3) is 0.310. The van der Waals surface area contributed by atoms with Gasteiger partial charge in [-0.15, -0.1) is 0 Å². The number of aryl methyl sites for hydroxylation is 1. The molecule has 0 aliphatic carbocycles. The number of amides is 2. The van der Waals surface area contributed by atoms with Gasteiger partial charge in [-0.2, -0.15) is 0 Å². The summed E-state index contributed by atoms with van der Waals surface area (Å²) in [5.74, 6) is -0.777. The number of anilines is 1. The molecule has 3 aromatic carbocycles. The summed E-state index contributed by atoms with van der Waals surface area (Å²) in [6.07, 6.45) is 0. The van der Waals surface area contributed by atoms with Gasteiger partial charge in [0, 0.05) is 28.2 Å². The largest absolute Gasteiger partial charge is 0.354 e. The van der Waals surface area contributed by atoms with Crippen molar-refractivity contribution in [1.82, 2.24) is 10.2 Å². The van der Waals surface area contributed by atoms with Gasteiger partial charge >= 0.3 is 0 Å². The number of rotatable bonds is 11. The molecule has 0 heterocycles. The Hall–Kier alpha value is -2.78. The lowest BCUT2D eigenvalue weighted by atomic mass is 10.1. The van der Waals surface area contributed by atoms with Crippen LogP contribution in [0.3, 0.4) is 0 Å². The summed E-state index contributed by atoms with van der Waals surface area (Å²) in [4.78, 5) is 28.3. The summed E-state index contributed by atoms with van der Waals surface area (Å²) >= 11 is 18.7. The van der Waals surface area contributed by atoms with Crippen LogP contribution in [-0.2, 0) is 26.2 Å². The van der Waals surface area contributed by atoms with E-state index in [0.29, 0.717) is 27.2 Å². The Kier molecular flexibility index (Phi) is 10.9. The molecule has 0 spiro atoms. The molecule has 214 valence electrons. The molecule has 3 aromatic rings. The lowest BCUT2D eigenvalue weighted by Crippen LogP contribution is -2.51. The molecular weight excluding hydrogens is 593 g/mol. The van der Waals surface area contributed by atoms with Gasteiger partial charge in [-0.05, 0) is 67.8 Å². The van der Waals surface area contributed by atoms with Crippen molar-refractivity contribution >= 4 is 62.3 Å². The quantitative estimate of drug-likeness (QED) is 0.270. The molecule has 7 nitrogen and oxygen atoms in total. The Labute approximate surface area is 251 Å². The molecule has 2 amide bonds. The Morgan fingerprint density at radius 1 is 0.900 bits per heavy atom. The minimum absolute atomic E-state index is 0.0147. The van der Waals surface area contributed by atoms with Crippen molar-refractivity contribution in [3.63, 3.8) is 0 Å². The van der Waals surface area contributed by atoms with Gasteiger partial charge in [-0.1, -0.05) is 78.5 Å².